The van der Waals surface area contributed by atoms with E-state index in [1.807, 2.05) is 6.08 Å². The number of carbonyl (C=O) groups excluding carboxylic acids is 2. The summed E-state index contributed by atoms with van der Waals surface area (Å²) in [6.45, 7) is 4.96. The van der Waals surface area contributed by atoms with Gasteiger partial charge in [0.05, 0.1) is 6.10 Å². The molecule has 7 atom stereocenters. The van der Waals surface area contributed by atoms with E-state index in [-0.39, 0.29) is 36.1 Å². The van der Waals surface area contributed by atoms with Crippen LogP contribution in [0.1, 0.15) is 58.8 Å². The minimum Gasteiger partial charge on any atom is -0.378 e. The Hall–Kier alpha value is -1.04. The third-order valence-electron chi connectivity index (χ3n) is 9.42. The van der Waals surface area contributed by atoms with Crippen molar-refractivity contribution < 1.29 is 23.8 Å². The van der Waals surface area contributed by atoms with Crippen molar-refractivity contribution in [2.75, 3.05) is 20.5 Å². The van der Waals surface area contributed by atoms with Gasteiger partial charge < -0.3 is 14.2 Å². The molecule has 5 rings (SSSR count). The van der Waals surface area contributed by atoms with Crippen LogP contribution in [0.3, 0.4) is 0 Å². The van der Waals surface area contributed by atoms with Crippen molar-refractivity contribution in [1.82, 2.24) is 0 Å². The average Bonchev–Trinajstić information content (AvgIpc) is 2.94. The number of carbonyl (C=O) groups is 2. The van der Waals surface area contributed by atoms with E-state index in [0.717, 1.165) is 38.5 Å². The van der Waals surface area contributed by atoms with Crippen molar-refractivity contribution in [1.29, 1.82) is 0 Å². The van der Waals surface area contributed by atoms with Crippen LogP contribution in [0.4, 0.5) is 0 Å². The second-order valence-electron chi connectivity index (χ2n) is 10.2. The van der Waals surface area contributed by atoms with Crippen molar-refractivity contribution in [3.63, 3.8) is 0 Å². The number of ketones is 2. The Morgan fingerprint density at radius 1 is 1.11 bits per heavy atom. The van der Waals surface area contributed by atoms with Crippen molar-refractivity contribution in [3.05, 3.63) is 11.6 Å². The fourth-order valence-electron chi connectivity index (χ4n) is 8.01. The predicted octanol–water partition coefficient (Wildman–Crippen LogP) is 3.46. The Morgan fingerprint density at radius 2 is 1.93 bits per heavy atom. The fourth-order valence-corrected chi connectivity index (χ4v) is 8.01. The van der Waals surface area contributed by atoms with Crippen LogP contribution in [0.5, 0.6) is 0 Å². The lowest BCUT2D eigenvalue weighted by Crippen LogP contribution is -2.64. The summed E-state index contributed by atoms with van der Waals surface area (Å²) in [7, 11) is 1.71. The fraction of sp³-hybridized carbons (Fsp3) is 0.826. The molecule has 1 saturated heterocycles. The highest BCUT2D eigenvalue weighted by molar-refractivity contribution is 5.92. The first-order valence-corrected chi connectivity index (χ1v) is 10.9. The van der Waals surface area contributed by atoms with Crippen molar-refractivity contribution >= 4 is 11.6 Å². The molecule has 1 spiro atoms. The van der Waals surface area contributed by atoms with Crippen LogP contribution in [0.2, 0.25) is 0 Å². The maximum Gasteiger partial charge on any atom is 0.193 e. The number of allylic oxidation sites excluding steroid dienone is 1. The molecule has 0 amide bonds. The second kappa shape index (κ2) is 6.23. The zero-order valence-electron chi connectivity index (χ0n) is 17.3. The highest BCUT2D eigenvalue weighted by atomic mass is 16.7. The van der Waals surface area contributed by atoms with Gasteiger partial charge >= 0.3 is 0 Å². The summed E-state index contributed by atoms with van der Waals surface area (Å²) in [4.78, 5) is 25.2. The standard InChI is InChI=1S/C23H32O5/c1-21-8-6-15(24)10-14(21)4-5-16-17(21)7-9-22(2)18(16)11-20(26-3)23(22)19(25)12-27-13-28-23/h10,16-18,20H,4-9,11-13H2,1-3H3/t16-,17+,18+,20+,21+,22+,23-/m1/s1. The minimum atomic E-state index is -0.866. The van der Waals surface area contributed by atoms with E-state index in [2.05, 4.69) is 13.8 Å². The molecule has 5 aliphatic rings. The molecular formula is C23H32O5. The van der Waals surface area contributed by atoms with Gasteiger partial charge in [-0.1, -0.05) is 19.4 Å². The number of hydrogen-bond acceptors (Lipinski definition) is 5. The zero-order valence-corrected chi connectivity index (χ0v) is 17.3. The Balaban J connectivity index is 1.54. The maximum atomic E-state index is 13.2. The van der Waals surface area contributed by atoms with Crippen LogP contribution in [0, 0.1) is 28.6 Å². The number of ether oxygens (including phenoxy) is 3. The van der Waals surface area contributed by atoms with E-state index in [1.54, 1.807) is 7.11 Å². The van der Waals surface area contributed by atoms with Crippen molar-refractivity contribution in [3.8, 4) is 0 Å². The van der Waals surface area contributed by atoms with Gasteiger partial charge in [0, 0.05) is 18.9 Å². The Bertz CT molecular complexity index is 743. The molecule has 5 nitrogen and oxygen atoms in total. The largest absolute Gasteiger partial charge is 0.378 e. The van der Waals surface area contributed by atoms with Crippen LogP contribution in [0.25, 0.3) is 0 Å². The molecule has 0 aromatic rings. The zero-order chi connectivity index (χ0) is 19.7. The van der Waals surface area contributed by atoms with Gasteiger partial charge in [-0.3, -0.25) is 9.59 Å². The Morgan fingerprint density at radius 3 is 2.68 bits per heavy atom. The molecule has 0 N–H and O–H groups in total. The first-order valence-electron chi connectivity index (χ1n) is 10.9. The Labute approximate surface area is 167 Å². The lowest BCUT2D eigenvalue weighted by atomic mass is 9.46. The van der Waals surface area contributed by atoms with Crippen LogP contribution < -0.4 is 0 Å². The number of hydrogen-bond donors (Lipinski definition) is 0. The predicted molar refractivity (Wildman–Crippen MR) is 103 cm³/mol. The third kappa shape index (κ3) is 2.19. The molecule has 5 heteroatoms. The van der Waals surface area contributed by atoms with Gasteiger partial charge in [0.25, 0.3) is 0 Å². The number of methoxy groups -OCH3 is 1. The molecule has 0 radical (unpaired) electrons. The summed E-state index contributed by atoms with van der Waals surface area (Å²) in [5.74, 6) is 1.91. The van der Waals surface area contributed by atoms with Gasteiger partial charge in [-0.15, -0.1) is 0 Å². The van der Waals surface area contributed by atoms with Crippen LogP contribution in [-0.2, 0) is 23.8 Å². The van der Waals surface area contributed by atoms with E-state index in [0.29, 0.717) is 30.0 Å². The van der Waals surface area contributed by atoms with Crippen molar-refractivity contribution in [2.24, 2.45) is 28.6 Å². The Kier molecular flexibility index (Phi) is 4.22. The molecule has 4 fully saturated rings. The van der Waals surface area contributed by atoms with Crippen LogP contribution >= 0.6 is 0 Å². The maximum absolute atomic E-state index is 13.2. The molecule has 3 saturated carbocycles. The second-order valence-corrected chi connectivity index (χ2v) is 10.2. The third-order valence-corrected chi connectivity index (χ3v) is 9.42. The molecule has 0 unspecified atom stereocenters. The minimum absolute atomic E-state index is 0.0555. The molecule has 0 aromatic carbocycles. The van der Waals surface area contributed by atoms with E-state index in [4.69, 9.17) is 14.2 Å². The lowest BCUT2D eigenvalue weighted by molar-refractivity contribution is -0.250. The van der Waals surface area contributed by atoms with Gasteiger partial charge in [0.2, 0.25) is 0 Å². The highest BCUT2D eigenvalue weighted by Crippen LogP contribution is 2.68. The highest BCUT2D eigenvalue weighted by Gasteiger charge is 2.72. The summed E-state index contributed by atoms with van der Waals surface area (Å²) in [5.41, 5.74) is 0.437. The molecular weight excluding hydrogens is 356 g/mol. The molecule has 4 aliphatic carbocycles. The first kappa shape index (κ1) is 19.0. The molecule has 1 heterocycles. The summed E-state index contributed by atoms with van der Waals surface area (Å²) in [5, 5.41) is 0. The lowest BCUT2D eigenvalue weighted by Gasteiger charge is -2.59. The van der Waals surface area contributed by atoms with Gasteiger partial charge in [-0.25, -0.2) is 0 Å². The normalized spacial score (nSPS) is 50.8. The van der Waals surface area contributed by atoms with E-state index in [1.165, 1.54) is 5.57 Å². The molecule has 28 heavy (non-hydrogen) atoms. The SMILES string of the molecule is CO[C@H]1C[C@H]2[C@@H]3CCC4=CC(=O)CC[C@]4(C)[C@H]3CC[C@]2(C)[C@]12OCOCC2=O. The quantitative estimate of drug-likeness (QED) is 0.688. The average molecular weight is 389 g/mol. The summed E-state index contributed by atoms with van der Waals surface area (Å²) in [6, 6.07) is 0. The molecule has 154 valence electrons. The topological polar surface area (TPSA) is 61.8 Å². The first-order chi connectivity index (χ1) is 13.4. The van der Waals surface area contributed by atoms with Gasteiger partial charge in [-0.2, -0.15) is 0 Å². The number of rotatable bonds is 1. The molecule has 0 bridgehead atoms. The van der Waals surface area contributed by atoms with Gasteiger partial charge in [0.15, 0.2) is 17.2 Å². The van der Waals surface area contributed by atoms with E-state index >= 15 is 0 Å². The summed E-state index contributed by atoms with van der Waals surface area (Å²) >= 11 is 0. The number of Topliss-reactive ketones (excluding diaryl/α,β-unsaturated/α-hetero) is 1. The van der Waals surface area contributed by atoms with Gasteiger partial charge in [0.1, 0.15) is 13.4 Å². The van der Waals surface area contributed by atoms with E-state index in [9.17, 15) is 9.59 Å². The van der Waals surface area contributed by atoms with Crippen molar-refractivity contribution in [2.45, 2.75) is 70.5 Å². The van der Waals surface area contributed by atoms with E-state index < -0.39 is 5.60 Å². The molecule has 1 aliphatic heterocycles. The number of fused-ring (bicyclic) bond motifs is 6. The monoisotopic (exact) mass is 388 g/mol. The molecule has 0 aromatic heterocycles. The van der Waals surface area contributed by atoms with Gasteiger partial charge in [-0.05, 0) is 67.8 Å². The summed E-state index contributed by atoms with van der Waals surface area (Å²) < 4.78 is 17.4. The smallest absolute Gasteiger partial charge is 0.193 e. The van der Waals surface area contributed by atoms with Crippen LogP contribution in [-0.4, -0.2) is 43.8 Å². The van der Waals surface area contributed by atoms with Crippen LogP contribution in [0.15, 0.2) is 11.6 Å². The summed E-state index contributed by atoms with van der Waals surface area (Å²) in [6.07, 6.45) is 8.47.